The van der Waals surface area contributed by atoms with E-state index in [4.69, 9.17) is 9.47 Å². The van der Waals surface area contributed by atoms with Crippen LogP contribution in [0.25, 0.3) is 0 Å². The number of nitrogens with one attached hydrogen (secondary N) is 1. The standard InChI is InChI=1S/C11H18N2O4/c1-7-11(5-12-8(14)16-11)6-13(7)9(15)17-10(2,3)4/h7H,5-6H2,1-4H3,(H,12,14). The molecule has 2 aliphatic rings. The number of amides is 2. The molecule has 2 saturated heterocycles. The van der Waals surface area contributed by atoms with Crippen molar-refractivity contribution < 1.29 is 19.1 Å². The van der Waals surface area contributed by atoms with Crippen LogP contribution in [0.15, 0.2) is 0 Å². The lowest BCUT2D eigenvalue weighted by atomic mass is 9.85. The summed E-state index contributed by atoms with van der Waals surface area (Å²) in [5.41, 5.74) is -1.07. The minimum absolute atomic E-state index is 0.156. The molecule has 0 saturated carbocycles. The molecule has 2 amide bonds. The highest BCUT2D eigenvalue weighted by Crippen LogP contribution is 2.36. The number of ether oxygens (including phenoxy) is 2. The maximum atomic E-state index is 11.8. The quantitative estimate of drug-likeness (QED) is 0.690. The van der Waals surface area contributed by atoms with Gasteiger partial charge in [0.15, 0.2) is 5.60 Å². The van der Waals surface area contributed by atoms with Gasteiger partial charge in [-0.25, -0.2) is 9.59 Å². The fourth-order valence-corrected chi connectivity index (χ4v) is 2.07. The molecule has 0 aliphatic carbocycles. The summed E-state index contributed by atoms with van der Waals surface area (Å²) in [7, 11) is 0. The number of hydrogen-bond acceptors (Lipinski definition) is 4. The molecule has 1 spiro atoms. The first-order valence-electron chi connectivity index (χ1n) is 5.70. The van der Waals surface area contributed by atoms with Gasteiger partial charge in [-0.1, -0.05) is 0 Å². The maximum Gasteiger partial charge on any atom is 0.410 e. The fraction of sp³-hybridized carbons (Fsp3) is 0.818. The van der Waals surface area contributed by atoms with E-state index < -0.39 is 17.3 Å². The van der Waals surface area contributed by atoms with E-state index in [1.54, 1.807) is 4.90 Å². The third-order valence-electron chi connectivity index (χ3n) is 3.12. The number of alkyl carbamates (subject to hydrolysis) is 1. The molecular formula is C11H18N2O4. The summed E-state index contributed by atoms with van der Waals surface area (Å²) >= 11 is 0. The Bertz CT molecular complexity index is 363. The molecule has 2 heterocycles. The fourth-order valence-electron chi connectivity index (χ4n) is 2.07. The van der Waals surface area contributed by atoms with Crippen molar-refractivity contribution in [2.75, 3.05) is 13.1 Å². The molecule has 6 heteroatoms. The van der Waals surface area contributed by atoms with Crippen LogP contribution in [-0.4, -0.2) is 47.4 Å². The largest absolute Gasteiger partial charge is 0.444 e. The summed E-state index contributed by atoms with van der Waals surface area (Å²) < 4.78 is 10.5. The van der Waals surface area contributed by atoms with Gasteiger partial charge < -0.3 is 14.8 Å². The van der Waals surface area contributed by atoms with E-state index in [-0.39, 0.29) is 12.1 Å². The van der Waals surface area contributed by atoms with Crippen LogP contribution in [0.2, 0.25) is 0 Å². The predicted octanol–water partition coefficient (Wildman–Crippen LogP) is 1.10. The van der Waals surface area contributed by atoms with Gasteiger partial charge in [0.25, 0.3) is 0 Å². The van der Waals surface area contributed by atoms with Crippen molar-refractivity contribution in [2.45, 2.75) is 44.9 Å². The van der Waals surface area contributed by atoms with Gasteiger partial charge >= 0.3 is 12.2 Å². The van der Waals surface area contributed by atoms with Crippen LogP contribution >= 0.6 is 0 Å². The van der Waals surface area contributed by atoms with E-state index in [0.29, 0.717) is 13.1 Å². The Labute approximate surface area is 100 Å². The van der Waals surface area contributed by atoms with E-state index in [2.05, 4.69) is 5.32 Å². The molecule has 96 valence electrons. The third kappa shape index (κ3) is 2.03. The topological polar surface area (TPSA) is 67.9 Å². The summed E-state index contributed by atoms with van der Waals surface area (Å²) in [6.07, 6.45) is -0.778. The van der Waals surface area contributed by atoms with Crippen LogP contribution in [0.5, 0.6) is 0 Å². The highest BCUT2D eigenvalue weighted by atomic mass is 16.6. The minimum Gasteiger partial charge on any atom is -0.444 e. The van der Waals surface area contributed by atoms with Gasteiger partial charge in [-0.15, -0.1) is 0 Å². The van der Waals surface area contributed by atoms with Crippen LogP contribution in [0, 0.1) is 0 Å². The van der Waals surface area contributed by atoms with Gasteiger partial charge in [0.1, 0.15) is 5.60 Å². The monoisotopic (exact) mass is 242 g/mol. The maximum absolute atomic E-state index is 11.8. The van der Waals surface area contributed by atoms with Crippen LogP contribution in [0.3, 0.4) is 0 Å². The van der Waals surface area contributed by atoms with Crippen molar-refractivity contribution in [3.05, 3.63) is 0 Å². The lowest BCUT2D eigenvalue weighted by Gasteiger charge is -2.51. The number of likely N-dealkylation sites (tertiary alicyclic amines) is 1. The smallest absolute Gasteiger partial charge is 0.410 e. The average molecular weight is 242 g/mol. The Morgan fingerprint density at radius 3 is 2.65 bits per heavy atom. The Hall–Kier alpha value is -1.46. The normalized spacial score (nSPS) is 31.9. The van der Waals surface area contributed by atoms with Gasteiger partial charge in [0.05, 0.1) is 19.1 Å². The summed E-state index contributed by atoms with van der Waals surface area (Å²) in [6, 6.07) is -0.156. The second-order valence-electron chi connectivity index (χ2n) is 5.59. The minimum atomic E-state index is -0.562. The molecule has 2 rings (SSSR count). The Kier molecular flexibility index (Phi) is 2.48. The lowest BCUT2D eigenvalue weighted by Crippen LogP contribution is -2.71. The Balaban J connectivity index is 1.95. The predicted molar refractivity (Wildman–Crippen MR) is 59.6 cm³/mol. The van der Waals surface area contributed by atoms with Gasteiger partial charge in [0.2, 0.25) is 0 Å². The van der Waals surface area contributed by atoms with Crippen molar-refractivity contribution in [3.63, 3.8) is 0 Å². The first-order valence-corrected chi connectivity index (χ1v) is 5.70. The van der Waals surface area contributed by atoms with Crippen LogP contribution in [0.4, 0.5) is 9.59 Å². The number of carbonyl (C=O) groups is 2. The molecule has 2 aliphatic heterocycles. The van der Waals surface area contributed by atoms with Crippen molar-refractivity contribution in [2.24, 2.45) is 0 Å². The zero-order valence-corrected chi connectivity index (χ0v) is 10.6. The molecule has 0 aromatic carbocycles. The summed E-state index contributed by atoms with van der Waals surface area (Å²) in [5, 5.41) is 2.61. The average Bonchev–Trinajstić information content (AvgIpc) is 2.56. The molecular weight excluding hydrogens is 224 g/mol. The summed E-state index contributed by atoms with van der Waals surface area (Å²) in [6.45, 7) is 8.16. The second kappa shape index (κ2) is 3.51. The number of carbonyl (C=O) groups excluding carboxylic acids is 2. The van der Waals surface area contributed by atoms with Crippen LogP contribution in [0.1, 0.15) is 27.7 Å². The van der Waals surface area contributed by atoms with E-state index in [0.717, 1.165) is 0 Å². The summed E-state index contributed by atoms with van der Waals surface area (Å²) in [4.78, 5) is 24.4. The Morgan fingerprint density at radius 2 is 2.24 bits per heavy atom. The lowest BCUT2D eigenvalue weighted by molar-refractivity contribution is -0.117. The molecule has 17 heavy (non-hydrogen) atoms. The van der Waals surface area contributed by atoms with Crippen molar-refractivity contribution >= 4 is 12.2 Å². The van der Waals surface area contributed by atoms with E-state index in [1.807, 2.05) is 27.7 Å². The van der Waals surface area contributed by atoms with Crippen molar-refractivity contribution in [1.29, 1.82) is 0 Å². The molecule has 0 radical (unpaired) electrons. The first kappa shape index (κ1) is 12.0. The van der Waals surface area contributed by atoms with E-state index >= 15 is 0 Å². The SMILES string of the molecule is CC1N(C(=O)OC(C)(C)C)CC12CNC(=O)O2. The number of hydrogen-bond donors (Lipinski definition) is 1. The van der Waals surface area contributed by atoms with Gasteiger partial charge in [-0.05, 0) is 27.7 Å². The molecule has 0 bridgehead atoms. The highest BCUT2D eigenvalue weighted by molar-refractivity contribution is 5.74. The molecule has 6 nitrogen and oxygen atoms in total. The molecule has 0 aromatic heterocycles. The number of nitrogens with zero attached hydrogens (tertiary/aromatic N) is 1. The zero-order valence-electron chi connectivity index (χ0n) is 10.6. The first-order chi connectivity index (χ1) is 7.73. The second-order valence-corrected chi connectivity index (χ2v) is 5.59. The van der Waals surface area contributed by atoms with Crippen LogP contribution in [-0.2, 0) is 9.47 Å². The molecule has 2 fully saturated rings. The molecule has 1 N–H and O–H groups in total. The molecule has 2 atom stereocenters. The highest BCUT2D eigenvalue weighted by Gasteiger charge is 2.59. The molecule has 0 aromatic rings. The van der Waals surface area contributed by atoms with Gasteiger partial charge in [0, 0.05) is 0 Å². The van der Waals surface area contributed by atoms with Gasteiger partial charge in [-0.2, -0.15) is 0 Å². The molecule has 2 unspecified atom stereocenters. The van der Waals surface area contributed by atoms with Crippen molar-refractivity contribution in [3.8, 4) is 0 Å². The number of rotatable bonds is 0. The zero-order chi connectivity index (χ0) is 12.8. The summed E-state index contributed by atoms with van der Waals surface area (Å²) in [5.74, 6) is 0. The van der Waals surface area contributed by atoms with E-state index in [1.165, 1.54) is 0 Å². The third-order valence-corrected chi connectivity index (χ3v) is 3.12. The van der Waals surface area contributed by atoms with Crippen molar-refractivity contribution in [1.82, 2.24) is 10.2 Å². The van der Waals surface area contributed by atoms with E-state index in [9.17, 15) is 9.59 Å². The van der Waals surface area contributed by atoms with Crippen LogP contribution < -0.4 is 5.32 Å². The Morgan fingerprint density at radius 1 is 1.59 bits per heavy atom. The van der Waals surface area contributed by atoms with Gasteiger partial charge in [-0.3, -0.25) is 4.90 Å².